The van der Waals surface area contributed by atoms with E-state index in [2.05, 4.69) is 16.0 Å². The third-order valence-electron chi connectivity index (χ3n) is 4.45. The summed E-state index contributed by atoms with van der Waals surface area (Å²) in [6, 6.07) is 6.49. The lowest BCUT2D eigenvalue weighted by Gasteiger charge is -2.23. The zero-order valence-electron chi connectivity index (χ0n) is 15.6. The first kappa shape index (κ1) is 21.7. The Hall–Kier alpha value is -2.55. The van der Waals surface area contributed by atoms with Crippen LogP contribution in [0.3, 0.4) is 0 Å². The highest BCUT2D eigenvalue weighted by Crippen LogP contribution is 2.09. The molecule has 0 aromatic heterocycles. The first-order chi connectivity index (χ1) is 13.4. The number of carboxylic acid groups (broad SMARTS) is 1. The average Bonchev–Trinajstić information content (AvgIpc) is 3.11. The fraction of sp³-hybridized carbons (Fsp3) is 0.474. The van der Waals surface area contributed by atoms with Crippen LogP contribution in [-0.4, -0.2) is 58.9 Å². The van der Waals surface area contributed by atoms with Crippen LogP contribution < -0.4 is 16.0 Å². The Labute approximate surface area is 167 Å². The summed E-state index contributed by atoms with van der Waals surface area (Å²) in [7, 11) is 0. The van der Waals surface area contributed by atoms with E-state index >= 15 is 0 Å². The molecule has 4 N–H and O–H groups in total. The number of carbonyl (C=O) groups is 4. The van der Waals surface area contributed by atoms with Crippen molar-refractivity contribution >= 4 is 35.5 Å². The van der Waals surface area contributed by atoms with Gasteiger partial charge < -0.3 is 21.1 Å². The van der Waals surface area contributed by atoms with E-state index in [0.29, 0.717) is 12.2 Å². The van der Waals surface area contributed by atoms with Crippen molar-refractivity contribution < 1.29 is 24.3 Å². The van der Waals surface area contributed by atoms with Gasteiger partial charge in [0.25, 0.3) is 0 Å². The molecule has 3 atom stereocenters. The highest BCUT2D eigenvalue weighted by atomic mass is 32.2. The topological polar surface area (TPSA) is 125 Å². The Morgan fingerprint density at radius 2 is 1.93 bits per heavy atom. The molecule has 1 aliphatic rings. The predicted molar refractivity (Wildman–Crippen MR) is 106 cm³/mol. The molecule has 152 valence electrons. The maximum atomic E-state index is 12.8. The minimum atomic E-state index is -1.12. The third-order valence-corrected chi connectivity index (χ3v) is 5.10. The Kier molecular flexibility index (Phi) is 8.31. The lowest BCUT2D eigenvalue weighted by molar-refractivity contribution is -0.142. The molecule has 8 nitrogen and oxygen atoms in total. The molecule has 0 spiro atoms. The summed E-state index contributed by atoms with van der Waals surface area (Å²) in [5.74, 6) is -1.74. The van der Waals surface area contributed by atoms with Crippen LogP contribution in [0.25, 0.3) is 0 Å². The van der Waals surface area contributed by atoms with Crippen LogP contribution in [-0.2, 0) is 25.6 Å². The maximum Gasteiger partial charge on any atom is 0.326 e. The Morgan fingerprint density at radius 3 is 2.50 bits per heavy atom. The zero-order valence-corrected chi connectivity index (χ0v) is 16.5. The fourth-order valence-electron chi connectivity index (χ4n) is 2.91. The molecule has 0 saturated carbocycles. The van der Waals surface area contributed by atoms with Gasteiger partial charge in [-0.2, -0.15) is 11.8 Å². The summed E-state index contributed by atoms with van der Waals surface area (Å²) >= 11 is 1.49. The van der Waals surface area contributed by atoms with E-state index in [4.69, 9.17) is 0 Å². The Bertz CT molecular complexity index is 713. The number of carboxylic acids is 1. The molecule has 28 heavy (non-hydrogen) atoms. The maximum absolute atomic E-state index is 12.8. The van der Waals surface area contributed by atoms with E-state index in [1.165, 1.54) is 11.8 Å². The van der Waals surface area contributed by atoms with Gasteiger partial charge in [0, 0.05) is 12.8 Å². The quantitative estimate of drug-likeness (QED) is 0.443. The second kappa shape index (κ2) is 10.7. The van der Waals surface area contributed by atoms with Gasteiger partial charge in [0.05, 0.1) is 0 Å². The van der Waals surface area contributed by atoms with Crippen LogP contribution in [0.1, 0.15) is 24.8 Å². The molecule has 1 heterocycles. The number of carbonyl (C=O) groups excluding carboxylic acids is 3. The minimum absolute atomic E-state index is 0.202. The Morgan fingerprint density at radius 1 is 1.21 bits per heavy atom. The highest BCUT2D eigenvalue weighted by Gasteiger charge is 2.31. The summed E-state index contributed by atoms with van der Waals surface area (Å²) in [6.07, 6.45) is 3.00. The number of rotatable bonds is 10. The van der Waals surface area contributed by atoms with Crippen LogP contribution in [0.15, 0.2) is 30.3 Å². The predicted octanol–water partition coefficient (Wildman–Crippen LogP) is 0.315. The van der Waals surface area contributed by atoms with E-state index in [1.807, 2.05) is 36.6 Å². The van der Waals surface area contributed by atoms with Crippen molar-refractivity contribution in [2.75, 3.05) is 12.0 Å². The summed E-state index contributed by atoms with van der Waals surface area (Å²) in [6.45, 7) is 0. The van der Waals surface area contributed by atoms with Crippen molar-refractivity contribution in [1.29, 1.82) is 0 Å². The molecule has 2 unspecified atom stereocenters. The van der Waals surface area contributed by atoms with Crippen molar-refractivity contribution in [2.45, 2.75) is 43.8 Å². The number of thioether (sulfide) groups is 1. The van der Waals surface area contributed by atoms with Gasteiger partial charge in [0.1, 0.15) is 18.1 Å². The van der Waals surface area contributed by atoms with Gasteiger partial charge >= 0.3 is 5.97 Å². The van der Waals surface area contributed by atoms with Gasteiger partial charge in [0.2, 0.25) is 17.7 Å². The molecule has 0 aliphatic carbocycles. The summed E-state index contributed by atoms with van der Waals surface area (Å²) in [5, 5.41) is 17.1. The van der Waals surface area contributed by atoms with Crippen LogP contribution in [0.5, 0.6) is 0 Å². The number of aliphatic carboxylic acids is 1. The van der Waals surface area contributed by atoms with E-state index in [0.717, 1.165) is 5.56 Å². The van der Waals surface area contributed by atoms with Gasteiger partial charge in [-0.15, -0.1) is 0 Å². The zero-order chi connectivity index (χ0) is 20.5. The smallest absolute Gasteiger partial charge is 0.326 e. The Balaban J connectivity index is 2.09. The van der Waals surface area contributed by atoms with Gasteiger partial charge in [-0.25, -0.2) is 4.79 Å². The molecule has 1 saturated heterocycles. The number of nitrogens with one attached hydrogen (secondary N) is 3. The molecule has 0 bridgehead atoms. The van der Waals surface area contributed by atoms with E-state index in [1.54, 1.807) is 0 Å². The van der Waals surface area contributed by atoms with Gasteiger partial charge in [-0.1, -0.05) is 30.3 Å². The third kappa shape index (κ3) is 6.56. The van der Waals surface area contributed by atoms with Crippen LogP contribution >= 0.6 is 11.8 Å². The molecule has 1 aliphatic heterocycles. The second-order valence-corrected chi connectivity index (χ2v) is 7.58. The first-order valence-corrected chi connectivity index (χ1v) is 10.5. The number of hydrogen-bond acceptors (Lipinski definition) is 5. The van der Waals surface area contributed by atoms with Crippen LogP contribution in [0.2, 0.25) is 0 Å². The molecule has 9 heteroatoms. The van der Waals surface area contributed by atoms with Gasteiger partial charge in [0.15, 0.2) is 0 Å². The molecule has 3 amide bonds. The molecule has 2 rings (SSSR count). The van der Waals surface area contributed by atoms with Crippen molar-refractivity contribution in [1.82, 2.24) is 16.0 Å². The van der Waals surface area contributed by atoms with E-state index < -0.39 is 35.9 Å². The second-order valence-electron chi connectivity index (χ2n) is 6.59. The SMILES string of the molecule is CSCCC(NC(=O)C(Cc1ccccc1)NC(=O)[C@@H]1CCC(=O)N1)C(=O)O. The van der Waals surface area contributed by atoms with Gasteiger partial charge in [-0.05, 0) is 30.4 Å². The lowest BCUT2D eigenvalue weighted by Crippen LogP contribution is -2.55. The normalized spacial score (nSPS) is 18.0. The highest BCUT2D eigenvalue weighted by molar-refractivity contribution is 7.98. The van der Waals surface area contributed by atoms with Crippen molar-refractivity contribution in [2.24, 2.45) is 0 Å². The fourth-order valence-corrected chi connectivity index (χ4v) is 3.38. The molecular weight excluding hydrogens is 382 g/mol. The summed E-state index contributed by atoms with van der Waals surface area (Å²) < 4.78 is 0. The molecule has 1 aromatic carbocycles. The molecular formula is C19H25N3O5S. The standard InChI is InChI=1S/C19H25N3O5S/c1-28-10-9-14(19(26)27)21-18(25)15(11-12-5-3-2-4-6-12)22-17(24)13-7-8-16(23)20-13/h2-6,13-15H,7-11H2,1H3,(H,20,23)(H,21,25)(H,22,24)(H,26,27)/t13-,14?,15?/m0/s1. The van der Waals surface area contributed by atoms with Crippen LogP contribution in [0.4, 0.5) is 0 Å². The molecule has 1 aromatic rings. The van der Waals surface area contributed by atoms with Crippen molar-refractivity contribution in [3.05, 3.63) is 35.9 Å². The molecule has 1 fully saturated rings. The number of amides is 3. The van der Waals surface area contributed by atoms with E-state index in [-0.39, 0.29) is 25.2 Å². The monoisotopic (exact) mass is 407 g/mol. The van der Waals surface area contributed by atoms with E-state index in [9.17, 15) is 24.3 Å². The molecule has 0 radical (unpaired) electrons. The van der Waals surface area contributed by atoms with Crippen LogP contribution in [0, 0.1) is 0 Å². The number of benzene rings is 1. The lowest BCUT2D eigenvalue weighted by atomic mass is 10.0. The van der Waals surface area contributed by atoms with Gasteiger partial charge in [-0.3, -0.25) is 14.4 Å². The number of hydrogen-bond donors (Lipinski definition) is 4. The van der Waals surface area contributed by atoms with Crippen molar-refractivity contribution in [3.8, 4) is 0 Å². The first-order valence-electron chi connectivity index (χ1n) is 9.06. The minimum Gasteiger partial charge on any atom is -0.480 e. The largest absolute Gasteiger partial charge is 0.480 e. The average molecular weight is 407 g/mol. The summed E-state index contributed by atoms with van der Waals surface area (Å²) in [4.78, 5) is 48.0. The summed E-state index contributed by atoms with van der Waals surface area (Å²) in [5.41, 5.74) is 0.828. The van der Waals surface area contributed by atoms with Crippen molar-refractivity contribution in [3.63, 3.8) is 0 Å².